The van der Waals surface area contributed by atoms with Crippen LogP contribution >= 0.6 is 15.9 Å². The van der Waals surface area contributed by atoms with Gasteiger partial charge in [-0.25, -0.2) is 4.98 Å². The lowest BCUT2D eigenvalue weighted by Crippen LogP contribution is -2.51. The summed E-state index contributed by atoms with van der Waals surface area (Å²) in [6.45, 7) is 3.65. The van der Waals surface area contributed by atoms with E-state index in [-0.39, 0.29) is 5.91 Å². The van der Waals surface area contributed by atoms with Crippen molar-refractivity contribution in [2.45, 2.75) is 31.7 Å². The molecule has 5 heteroatoms. The summed E-state index contributed by atoms with van der Waals surface area (Å²) in [5.74, 6) is 0.0531. The van der Waals surface area contributed by atoms with Crippen LogP contribution in [0.1, 0.15) is 36.2 Å². The highest BCUT2D eigenvalue weighted by atomic mass is 79.9. The second kappa shape index (κ2) is 6.22. The molecule has 1 aromatic rings. The molecule has 1 aliphatic heterocycles. The zero-order chi connectivity index (χ0) is 13.9. The molecule has 1 aliphatic carbocycles. The third-order valence-corrected chi connectivity index (χ3v) is 4.82. The van der Waals surface area contributed by atoms with Crippen LogP contribution < -0.4 is 0 Å². The Balaban J connectivity index is 1.58. The van der Waals surface area contributed by atoms with Crippen LogP contribution in [0, 0.1) is 0 Å². The van der Waals surface area contributed by atoms with Gasteiger partial charge in [-0.2, -0.15) is 0 Å². The molecule has 20 heavy (non-hydrogen) atoms. The van der Waals surface area contributed by atoms with Crippen molar-refractivity contribution in [1.82, 2.24) is 14.8 Å². The summed E-state index contributed by atoms with van der Waals surface area (Å²) in [5, 5.41) is 0. The van der Waals surface area contributed by atoms with Crippen LogP contribution in [0.3, 0.4) is 0 Å². The van der Waals surface area contributed by atoms with Gasteiger partial charge < -0.3 is 4.90 Å². The summed E-state index contributed by atoms with van der Waals surface area (Å²) in [6.07, 6.45) is 5.40. The van der Waals surface area contributed by atoms with Crippen LogP contribution in [0.4, 0.5) is 0 Å². The molecule has 108 valence electrons. The van der Waals surface area contributed by atoms with Gasteiger partial charge in [0.05, 0.1) is 0 Å². The number of rotatable bonds is 2. The predicted octanol–water partition coefficient (Wildman–Crippen LogP) is 2.54. The van der Waals surface area contributed by atoms with Crippen LogP contribution in [-0.4, -0.2) is 52.9 Å². The van der Waals surface area contributed by atoms with Crippen molar-refractivity contribution < 1.29 is 4.79 Å². The second-order valence-corrected chi connectivity index (χ2v) is 6.42. The van der Waals surface area contributed by atoms with Crippen molar-refractivity contribution in [1.29, 1.82) is 0 Å². The second-order valence-electron chi connectivity index (χ2n) is 5.61. The maximum absolute atomic E-state index is 12.4. The maximum Gasteiger partial charge on any atom is 0.272 e. The number of pyridine rings is 1. The van der Waals surface area contributed by atoms with Crippen molar-refractivity contribution in [3.8, 4) is 0 Å². The Labute approximate surface area is 128 Å². The van der Waals surface area contributed by atoms with E-state index in [0.717, 1.165) is 32.2 Å². The zero-order valence-electron chi connectivity index (χ0n) is 11.6. The van der Waals surface area contributed by atoms with Gasteiger partial charge in [-0.1, -0.05) is 18.9 Å². The van der Waals surface area contributed by atoms with Gasteiger partial charge in [-0.15, -0.1) is 0 Å². The molecule has 4 nitrogen and oxygen atoms in total. The van der Waals surface area contributed by atoms with Gasteiger partial charge in [0.1, 0.15) is 10.3 Å². The summed E-state index contributed by atoms with van der Waals surface area (Å²) >= 11 is 3.32. The third-order valence-electron chi connectivity index (χ3n) is 4.38. The first-order valence-electron chi connectivity index (χ1n) is 7.40. The first-order chi connectivity index (χ1) is 9.74. The highest BCUT2D eigenvalue weighted by Gasteiger charge is 2.28. The smallest absolute Gasteiger partial charge is 0.272 e. The largest absolute Gasteiger partial charge is 0.335 e. The number of carbonyl (C=O) groups is 1. The lowest BCUT2D eigenvalue weighted by molar-refractivity contribution is 0.0568. The summed E-state index contributed by atoms with van der Waals surface area (Å²) in [7, 11) is 0. The van der Waals surface area contributed by atoms with Gasteiger partial charge >= 0.3 is 0 Å². The number of hydrogen-bond acceptors (Lipinski definition) is 3. The van der Waals surface area contributed by atoms with Gasteiger partial charge in [0.2, 0.25) is 0 Å². The van der Waals surface area contributed by atoms with Crippen molar-refractivity contribution in [3.05, 3.63) is 28.5 Å². The van der Waals surface area contributed by atoms with E-state index in [4.69, 9.17) is 0 Å². The molecular formula is C15H20BrN3O. The summed E-state index contributed by atoms with van der Waals surface area (Å²) < 4.78 is 0.716. The van der Waals surface area contributed by atoms with Crippen molar-refractivity contribution >= 4 is 21.8 Å². The fourth-order valence-corrected chi connectivity index (χ4v) is 3.59. The number of aromatic nitrogens is 1. The lowest BCUT2D eigenvalue weighted by atomic mass is 10.1. The fourth-order valence-electron chi connectivity index (χ4n) is 3.25. The number of nitrogens with zero attached hydrogens (tertiary/aromatic N) is 3. The molecule has 0 spiro atoms. The maximum atomic E-state index is 12.4. The summed E-state index contributed by atoms with van der Waals surface area (Å²) in [5.41, 5.74) is 0.536. The fraction of sp³-hybridized carbons (Fsp3) is 0.600. The molecule has 1 aromatic heterocycles. The normalized spacial score (nSPS) is 21.4. The molecule has 0 bridgehead atoms. The average molecular weight is 338 g/mol. The Morgan fingerprint density at radius 2 is 1.85 bits per heavy atom. The molecule has 1 saturated heterocycles. The van der Waals surface area contributed by atoms with Gasteiger partial charge in [-0.05, 0) is 40.9 Å². The number of carbonyl (C=O) groups excluding carboxylic acids is 1. The molecule has 0 unspecified atom stereocenters. The number of halogens is 1. The quantitative estimate of drug-likeness (QED) is 0.778. The minimum Gasteiger partial charge on any atom is -0.335 e. The highest BCUT2D eigenvalue weighted by Crippen LogP contribution is 2.24. The Kier molecular flexibility index (Phi) is 4.36. The lowest BCUT2D eigenvalue weighted by Gasteiger charge is -2.37. The van der Waals surface area contributed by atoms with Crippen molar-refractivity contribution in [2.75, 3.05) is 26.2 Å². The van der Waals surface area contributed by atoms with E-state index in [1.165, 1.54) is 25.7 Å². The molecule has 2 aliphatic rings. The Morgan fingerprint density at radius 1 is 1.15 bits per heavy atom. The van der Waals surface area contributed by atoms with E-state index < -0.39 is 0 Å². The SMILES string of the molecule is O=C(c1cccc(Br)n1)N1CCN(C2CCCC2)CC1. The van der Waals surface area contributed by atoms with Crippen LogP contribution in [-0.2, 0) is 0 Å². The van der Waals surface area contributed by atoms with Crippen LogP contribution in [0.2, 0.25) is 0 Å². The molecule has 1 amide bonds. The molecule has 0 N–H and O–H groups in total. The minimum absolute atomic E-state index is 0.0531. The zero-order valence-corrected chi connectivity index (χ0v) is 13.2. The number of amides is 1. The van der Waals surface area contributed by atoms with E-state index in [9.17, 15) is 4.79 Å². The van der Waals surface area contributed by atoms with E-state index in [1.54, 1.807) is 6.07 Å². The molecule has 0 radical (unpaired) electrons. The number of piperazine rings is 1. The standard InChI is InChI=1S/C15H20BrN3O/c16-14-7-3-6-13(17-14)15(20)19-10-8-18(9-11-19)12-4-1-2-5-12/h3,6-7,12H,1-2,4-5,8-11H2. The van der Waals surface area contributed by atoms with E-state index in [1.807, 2.05) is 17.0 Å². The molecule has 0 aromatic carbocycles. The van der Waals surface area contributed by atoms with E-state index >= 15 is 0 Å². The van der Waals surface area contributed by atoms with Crippen LogP contribution in [0.15, 0.2) is 22.8 Å². The topological polar surface area (TPSA) is 36.4 Å². The minimum atomic E-state index is 0.0531. The third kappa shape index (κ3) is 3.04. The van der Waals surface area contributed by atoms with Crippen LogP contribution in [0.5, 0.6) is 0 Å². The molecule has 2 fully saturated rings. The molecule has 2 heterocycles. The highest BCUT2D eigenvalue weighted by molar-refractivity contribution is 9.10. The molecule has 0 atom stereocenters. The Morgan fingerprint density at radius 3 is 2.50 bits per heavy atom. The molecule has 3 rings (SSSR count). The average Bonchev–Trinajstić information content (AvgIpc) is 3.01. The van der Waals surface area contributed by atoms with Crippen molar-refractivity contribution in [3.63, 3.8) is 0 Å². The molecule has 1 saturated carbocycles. The van der Waals surface area contributed by atoms with Crippen molar-refractivity contribution in [2.24, 2.45) is 0 Å². The summed E-state index contributed by atoms with van der Waals surface area (Å²) in [6, 6.07) is 6.25. The first kappa shape index (κ1) is 14.0. The Bertz CT molecular complexity index is 480. The Hall–Kier alpha value is -0.940. The van der Waals surface area contributed by atoms with E-state index in [0.29, 0.717) is 10.3 Å². The molecular weight excluding hydrogens is 318 g/mol. The van der Waals surface area contributed by atoms with Gasteiger partial charge in [0, 0.05) is 32.2 Å². The van der Waals surface area contributed by atoms with E-state index in [2.05, 4.69) is 25.8 Å². The van der Waals surface area contributed by atoms with Gasteiger partial charge in [0.25, 0.3) is 5.91 Å². The summed E-state index contributed by atoms with van der Waals surface area (Å²) in [4.78, 5) is 21.2. The number of hydrogen-bond donors (Lipinski definition) is 0. The first-order valence-corrected chi connectivity index (χ1v) is 8.19. The monoisotopic (exact) mass is 337 g/mol. The van der Waals surface area contributed by atoms with Gasteiger partial charge in [0.15, 0.2) is 0 Å². The van der Waals surface area contributed by atoms with Gasteiger partial charge in [-0.3, -0.25) is 9.69 Å². The van der Waals surface area contributed by atoms with Crippen LogP contribution in [0.25, 0.3) is 0 Å². The predicted molar refractivity (Wildman–Crippen MR) is 81.7 cm³/mol.